The Labute approximate surface area is 147 Å². The molecule has 0 amide bonds. The molecule has 8 heteroatoms. The van der Waals surface area contributed by atoms with Gasteiger partial charge in [-0.05, 0) is 36.8 Å². The minimum Gasteiger partial charge on any atom is -0.435 e. The average molecular weight is 366 g/mol. The van der Waals surface area contributed by atoms with E-state index >= 15 is 0 Å². The first-order valence-corrected chi connectivity index (χ1v) is 8.03. The Morgan fingerprint density at radius 1 is 1.29 bits per heavy atom. The van der Waals surface area contributed by atoms with E-state index in [0.29, 0.717) is 51.3 Å². The van der Waals surface area contributed by atoms with Crippen LogP contribution < -0.4 is 5.01 Å². The van der Waals surface area contributed by atoms with E-state index in [9.17, 15) is 10.1 Å². The second-order valence-electron chi connectivity index (χ2n) is 5.17. The van der Waals surface area contributed by atoms with E-state index in [4.69, 9.17) is 27.6 Å². The number of rotatable bonds is 5. The van der Waals surface area contributed by atoms with Crippen LogP contribution in [0.25, 0.3) is 22.6 Å². The van der Waals surface area contributed by atoms with Crippen LogP contribution >= 0.6 is 23.2 Å². The zero-order valence-corrected chi connectivity index (χ0v) is 14.2. The first-order valence-electron chi connectivity index (χ1n) is 7.27. The minimum absolute atomic E-state index is 0.311. The van der Waals surface area contributed by atoms with Gasteiger partial charge in [-0.2, -0.15) is 0 Å². The van der Waals surface area contributed by atoms with Gasteiger partial charge in [-0.15, -0.1) is 0 Å². The molecule has 0 fully saturated rings. The molecule has 0 spiro atoms. The number of benzene rings is 2. The molecule has 0 radical (unpaired) electrons. The van der Waals surface area contributed by atoms with Crippen LogP contribution in [0.3, 0.4) is 0 Å². The normalized spacial score (nSPS) is 11.0. The third-order valence-corrected chi connectivity index (χ3v) is 3.93. The van der Waals surface area contributed by atoms with Gasteiger partial charge in [-0.3, -0.25) is 0 Å². The molecule has 0 bridgehead atoms. The minimum atomic E-state index is -0.425. The van der Waals surface area contributed by atoms with Crippen molar-refractivity contribution in [2.75, 3.05) is 11.6 Å². The van der Waals surface area contributed by atoms with Crippen LogP contribution in [-0.4, -0.2) is 16.6 Å². The van der Waals surface area contributed by atoms with Gasteiger partial charge in [0.15, 0.2) is 10.6 Å². The number of hydrogen-bond donors (Lipinski definition) is 0. The summed E-state index contributed by atoms with van der Waals surface area (Å²) in [7, 11) is 0. The average Bonchev–Trinajstić information content (AvgIpc) is 2.96. The van der Waals surface area contributed by atoms with Crippen molar-refractivity contribution in [2.45, 2.75) is 13.3 Å². The van der Waals surface area contributed by atoms with Crippen LogP contribution in [0.4, 0.5) is 5.69 Å². The van der Waals surface area contributed by atoms with Gasteiger partial charge in [0.25, 0.3) is 0 Å². The van der Waals surface area contributed by atoms with Gasteiger partial charge in [0.1, 0.15) is 11.2 Å². The highest BCUT2D eigenvalue weighted by atomic mass is 35.5. The number of oxazole rings is 1. The number of hydrogen-bond acceptors (Lipinski definition) is 4. The first kappa shape index (κ1) is 16.5. The summed E-state index contributed by atoms with van der Waals surface area (Å²) in [5, 5.41) is 12.7. The topological polar surface area (TPSA) is 72.4 Å². The summed E-state index contributed by atoms with van der Waals surface area (Å²) >= 11 is 12.1. The molecule has 3 rings (SSSR count). The number of fused-ring (bicyclic) bond motifs is 1. The van der Waals surface area contributed by atoms with E-state index in [-0.39, 0.29) is 0 Å². The Kier molecular flexibility index (Phi) is 4.59. The van der Waals surface area contributed by atoms with Crippen LogP contribution in [0.15, 0.2) is 40.8 Å². The van der Waals surface area contributed by atoms with Crippen LogP contribution in [0.1, 0.15) is 13.3 Å². The standard InChI is InChI=1S/C16H13Cl2N3O3/c1-2-6-20(21(22)23)12-5-3-4-10(7-12)16-19-14-9-11(17)8-13(18)15(14)24-16/h3-5,7-9H,2,6H2,1H3. The third kappa shape index (κ3) is 3.16. The van der Waals surface area contributed by atoms with E-state index in [2.05, 4.69) is 4.98 Å². The molecule has 1 heterocycles. The van der Waals surface area contributed by atoms with Crippen molar-refractivity contribution in [3.05, 3.63) is 56.6 Å². The molecule has 0 atom stereocenters. The van der Waals surface area contributed by atoms with E-state index < -0.39 is 5.03 Å². The summed E-state index contributed by atoms with van der Waals surface area (Å²) in [4.78, 5) is 15.6. The van der Waals surface area contributed by atoms with Gasteiger partial charge in [0.05, 0.1) is 11.6 Å². The predicted octanol–water partition coefficient (Wildman–Crippen LogP) is 5.21. The fraction of sp³-hybridized carbons (Fsp3) is 0.188. The number of hydrazine groups is 1. The number of anilines is 1. The molecular weight excluding hydrogens is 353 g/mol. The fourth-order valence-corrected chi connectivity index (χ4v) is 2.92. The van der Waals surface area contributed by atoms with Crippen molar-refractivity contribution in [3.63, 3.8) is 0 Å². The van der Waals surface area contributed by atoms with Crippen molar-refractivity contribution < 1.29 is 9.45 Å². The van der Waals surface area contributed by atoms with Crippen LogP contribution in [0, 0.1) is 10.1 Å². The SMILES string of the molecule is CCCN(c1cccc(-c2nc3cc(Cl)cc(Cl)c3o2)c1)[N+](=O)[O-]. The number of nitrogens with zero attached hydrogens (tertiary/aromatic N) is 3. The monoisotopic (exact) mass is 365 g/mol. The summed E-state index contributed by atoms with van der Waals surface area (Å²) in [5.41, 5.74) is 2.05. The molecule has 6 nitrogen and oxygen atoms in total. The van der Waals surface area contributed by atoms with Gasteiger partial charge in [0, 0.05) is 10.6 Å². The summed E-state index contributed by atoms with van der Waals surface area (Å²) in [6.07, 6.45) is 0.655. The molecule has 0 saturated heterocycles. The molecule has 0 unspecified atom stereocenters. The maximum absolute atomic E-state index is 11.2. The molecule has 0 N–H and O–H groups in total. The van der Waals surface area contributed by atoms with Crippen LogP contribution in [-0.2, 0) is 0 Å². The van der Waals surface area contributed by atoms with Crippen molar-refractivity contribution >= 4 is 40.0 Å². The van der Waals surface area contributed by atoms with Crippen molar-refractivity contribution in [1.82, 2.24) is 4.98 Å². The zero-order chi connectivity index (χ0) is 17.3. The molecule has 0 aliphatic heterocycles. The largest absolute Gasteiger partial charge is 0.435 e. The summed E-state index contributed by atoms with van der Waals surface area (Å²) in [6.45, 7) is 2.19. The summed E-state index contributed by atoms with van der Waals surface area (Å²) in [6, 6.07) is 10.1. The van der Waals surface area contributed by atoms with Gasteiger partial charge in [-0.25, -0.2) is 15.1 Å². The molecule has 24 heavy (non-hydrogen) atoms. The maximum Gasteiger partial charge on any atom is 0.227 e. The molecular formula is C16H13Cl2N3O3. The van der Waals surface area contributed by atoms with Crippen LogP contribution in [0.2, 0.25) is 10.0 Å². The second-order valence-corrected chi connectivity index (χ2v) is 6.01. The molecule has 0 aliphatic carbocycles. The van der Waals surface area contributed by atoms with Crippen molar-refractivity contribution in [2.24, 2.45) is 0 Å². The Hall–Kier alpha value is -2.31. The summed E-state index contributed by atoms with van der Waals surface area (Å²) < 4.78 is 5.70. The van der Waals surface area contributed by atoms with Gasteiger partial charge in [0.2, 0.25) is 5.89 Å². The number of halogens is 2. The highest BCUT2D eigenvalue weighted by molar-refractivity contribution is 6.38. The molecule has 1 aromatic heterocycles. The molecule has 124 valence electrons. The van der Waals surface area contributed by atoms with Crippen molar-refractivity contribution in [3.8, 4) is 11.5 Å². The molecule has 3 aromatic rings. The highest BCUT2D eigenvalue weighted by Crippen LogP contribution is 2.33. The molecule has 0 saturated carbocycles. The van der Waals surface area contributed by atoms with Crippen LogP contribution in [0.5, 0.6) is 0 Å². The third-order valence-electron chi connectivity index (χ3n) is 3.43. The fourth-order valence-electron chi connectivity index (χ4n) is 2.40. The lowest BCUT2D eigenvalue weighted by Gasteiger charge is -2.13. The van der Waals surface area contributed by atoms with Gasteiger partial charge < -0.3 is 4.42 Å². The van der Waals surface area contributed by atoms with E-state index in [1.165, 1.54) is 0 Å². The number of aromatic nitrogens is 1. The zero-order valence-electron chi connectivity index (χ0n) is 12.7. The lowest BCUT2D eigenvalue weighted by molar-refractivity contribution is -0.494. The maximum atomic E-state index is 11.2. The second kappa shape index (κ2) is 6.67. The van der Waals surface area contributed by atoms with Gasteiger partial charge in [-0.1, -0.05) is 41.2 Å². The Morgan fingerprint density at radius 3 is 2.79 bits per heavy atom. The quantitative estimate of drug-likeness (QED) is 0.458. The lowest BCUT2D eigenvalue weighted by atomic mass is 10.2. The highest BCUT2D eigenvalue weighted by Gasteiger charge is 2.18. The molecule has 0 aliphatic rings. The lowest BCUT2D eigenvalue weighted by Crippen LogP contribution is -2.30. The van der Waals surface area contributed by atoms with Crippen molar-refractivity contribution in [1.29, 1.82) is 0 Å². The Balaban J connectivity index is 2.05. The summed E-state index contributed by atoms with van der Waals surface area (Å²) in [5.74, 6) is 0.329. The Bertz CT molecular complexity index is 911. The number of nitro groups is 1. The van der Waals surface area contributed by atoms with Gasteiger partial charge >= 0.3 is 0 Å². The molecule has 2 aromatic carbocycles. The van der Waals surface area contributed by atoms with E-state index in [1.807, 2.05) is 6.92 Å². The van der Waals surface area contributed by atoms with E-state index in [1.54, 1.807) is 36.4 Å². The first-order chi connectivity index (χ1) is 11.5. The Morgan fingerprint density at radius 2 is 2.08 bits per heavy atom. The predicted molar refractivity (Wildman–Crippen MR) is 94.1 cm³/mol. The smallest absolute Gasteiger partial charge is 0.227 e. The van der Waals surface area contributed by atoms with E-state index in [0.717, 1.165) is 5.01 Å².